The Balaban J connectivity index is 1.62. The maximum absolute atomic E-state index is 11.7. The number of rotatable bonds is 12. The first-order valence-electron chi connectivity index (χ1n) is 12.0. The van der Waals surface area contributed by atoms with Gasteiger partial charge in [-0.3, -0.25) is 14.7 Å². The predicted octanol–water partition coefficient (Wildman–Crippen LogP) is 7.20. The van der Waals surface area contributed by atoms with Gasteiger partial charge in [0.2, 0.25) is 6.54 Å². The molecule has 0 spiro atoms. The van der Waals surface area contributed by atoms with Crippen LogP contribution in [0.5, 0.6) is 17.2 Å². The van der Waals surface area contributed by atoms with Crippen LogP contribution >= 0.6 is 43.6 Å². The number of benzene rings is 3. The van der Waals surface area contributed by atoms with Gasteiger partial charge in [0, 0.05) is 15.1 Å². The summed E-state index contributed by atoms with van der Waals surface area (Å²) in [5.41, 5.74) is 2.51. The summed E-state index contributed by atoms with van der Waals surface area (Å²) in [6.07, 6.45) is 0. The van der Waals surface area contributed by atoms with Crippen LogP contribution in [0.4, 0.5) is 0 Å². The molecule has 0 N–H and O–H groups in total. The summed E-state index contributed by atoms with van der Waals surface area (Å²) in [4.78, 5) is 11.4. The molecule has 204 valence electrons. The largest absolute Gasteiger partial charge is 0.494 e. The molecule has 4 aromatic rings. The SMILES string of the molecule is CCOc1ccc(-n2c(C)nnc2S[C@@H](C[N+](=O)[O-])c2cc(Br)c(OCc3ccc(Br)cc3)c(OC)c2)cc1. The lowest BCUT2D eigenvalue weighted by atomic mass is 10.1. The van der Waals surface area contributed by atoms with Crippen molar-refractivity contribution in [3.05, 3.63) is 96.7 Å². The number of aromatic nitrogens is 3. The predicted molar refractivity (Wildman–Crippen MR) is 157 cm³/mol. The molecule has 0 fully saturated rings. The van der Waals surface area contributed by atoms with Crippen molar-refractivity contribution in [2.45, 2.75) is 30.9 Å². The highest BCUT2D eigenvalue weighted by molar-refractivity contribution is 9.10. The summed E-state index contributed by atoms with van der Waals surface area (Å²) in [5, 5.41) is 20.2. The van der Waals surface area contributed by atoms with E-state index in [9.17, 15) is 10.1 Å². The first-order chi connectivity index (χ1) is 18.8. The number of methoxy groups -OCH3 is 1. The molecule has 39 heavy (non-hydrogen) atoms. The van der Waals surface area contributed by atoms with Crippen molar-refractivity contribution in [1.29, 1.82) is 0 Å². The summed E-state index contributed by atoms with van der Waals surface area (Å²) in [6.45, 7) is 4.35. The van der Waals surface area contributed by atoms with E-state index >= 15 is 0 Å². The minimum absolute atomic E-state index is 0.325. The van der Waals surface area contributed by atoms with Crippen LogP contribution in [0.2, 0.25) is 0 Å². The molecule has 0 amide bonds. The van der Waals surface area contributed by atoms with Crippen molar-refractivity contribution in [2.24, 2.45) is 0 Å². The van der Waals surface area contributed by atoms with E-state index in [0.717, 1.165) is 21.5 Å². The highest BCUT2D eigenvalue weighted by Crippen LogP contribution is 2.43. The molecule has 4 rings (SSSR count). The Kier molecular flexibility index (Phi) is 9.87. The van der Waals surface area contributed by atoms with Gasteiger partial charge in [0.25, 0.3) is 0 Å². The fourth-order valence-corrected chi connectivity index (χ4v) is 5.84. The van der Waals surface area contributed by atoms with Gasteiger partial charge in [-0.25, -0.2) is 0 Å². The molecule has 9 nitrogen and oxygen atoms in total. The van der Waals surface area contributed by atoms with Gasteiger partial charge in [-0.05, 0) is 89.4 Å². The first-order valence-corrected chi connectivity index (χ1v) is 14.4. The monoisotopic (exact) mass is 676 g/mol. The highest BCUT2D eigenvalue weighted by atomic mass is 79.9. The number of thioether (sulfide) groups is 1. The van der Waals surface area contributed by atoms with Crippen LogP contribution in [0, 0.1) is 17.0 Å². The number of halogens is 2. The standard InChI is InChI=1S/C27H26Br2N4O5S/c1-4-37-22-11-9-21(10-12-22)33-17(2)30-31-27(33)39-25(15-32(34)35)19-13-23(29)26(24(14-19)36-3)38-16-18-5-7-20(28)8-6-18/h5-14,25H,4,15-16H2,1-3H3/t25-/m0/s1. The van der Waals surface area contributed by atoms with Gasteiger partial charge in [0.1, 0.15) is 23.4 Å². The minimum Gasteiger partial charge on any atom is -0.494 e. The van der Waals surface area contributed by atoms with Crippen molar-refractivity contribution in [3.63, 3.8) is 0 Å². The lowest BCUT2D eigenvalue weighted by Gasteiger charge is -2.18. The zero-order valence-corrected chi connectivity index (χ0v) is 25.5. The van der Waals surface area contributed by atoms with Gasteiger partial charge in [-0.15, -0.1) is 10.2 Å². The normalized spacial score (nSPS) is 11.7. The Hall–Kier alpha value is -3.09. The number of nitro groups is 1. The van der Waals surface area contributed by atoms with E-state index < -0.39 is 5.25 Å². The second-order valence-electron chi connectivity index (χ2n) is 8.36. The number of ether oxygens (including phenoxy) is 3. The van der Waals surface area contributed by atoms with E-state index in [1.165, 1.54) is 11.8 Å². The van der Waals surface area contributed by atoms with E-state index in [1.54, 1.807) is 13.2 Å². The molecule has 1 heterocycles. The third-order valence-electron chi connectivity index (χ3n) is 5.68. The first kappa shape index (κ1) is 28.9. The molecule has 0 radical (unpaired) electrons. The van der Waals surface area contributed by atoms with Gasteiger partial charge in [-0.1, -0.05) is 39.8 Å². The minimum atomic E-state index is -0.573. The lowest BCUT2D eigenvalue weighted by molar-refractivity contribution is -0.479. The van der Waals surface area contributed by atoms with Crippen LogP contribution < -0.4 is 14.2 Å². The van der Waals surface area contributed by atoms with E-state index in [1.807, 2.05) is 73.0 Å². The Morgan fingerprint density at radius 3 is 2.41 bits per heavy atom. The molecule has 0 aliphatic heterocycles. The molecule has 0 aliphatic carbocycles. The molecule has 0 saturated heterocycles. The smallest absolute Gasteiger partial charge is 0.220 e. The summed E-state index contributed by atoms with van der Waals surface area (Å²) >= 11 is 8.28. The average molecular weight is 678 g/mol. The van der Waals surface area contributed by atoms with Crippen molar-refractivity contribution in [3.8, 4) is 22.9 Å². The molecule has 12 heteroatoms. The molecule has 0 saturated carbocycles. The Labute approximate surface area is 247 Å². The second kappa shape index (κ2) is 13.3. The molecule has 1 atom stereocenters. The second-order valence-corrected chi connectivity index (χ2v) is 11.3. The van der Waals surface area contributed by atoms with Crippen LogP contribution in [0.15, 0.2) is 74.8 Å². The maximum atomic E-state index is 11.7. The van der Waals surface area contributed by atoms with Crippen molar-refractivity contribution in [2.75, 3.05) is 20.3 Å². The summed E-state index contributed by atoms with van der Waals surface area (Å²) in [7, 11) is 1.54. The summed E-state index contributed by atoms with van der Waals surface area (Å²) < 4.78 is 20.7. The topological polar surface area (TPSA) is 102 Å². The van der Waals surface area contributed by atoms with E-state index in [0.29, 0.717) is 45.7 Å². The molecule has 3 aromatic carbocycles. The quantitative estimate of drug-likeness (QED) is 0.0882. The van der Waals surface area contributed by atoms with Gasteiger partial charge in [-0.2, -0.15) is 0 Å². The molecular weight excluding hydrogens is 652 g/mol. The Bertz CT molecular complexity index is 1430. The van der Waals surface area contributed by atoms with Crippen LogP contribution in [-0.2, 0) is 6.61 Å². The van der Waals surface area contributed by atoms with Crippen molar-refractivity contribution in [1.82, 2.24) is 14.8 Å². The molecule has 0 unspecified atom stereocenters. The van der Waals surface area contributed by atoms with Crippen LogP contribution in [0.25, 0.3) is 5.69 Å². The Morgan fingerprint density at radius 1 is 1.05 bits per heavy atom. The van der Waals surface area contributed by atoms with Gasteiger partial charge in [0.05, 0.1) is 18.2 Å². The number of hydrogen-bond donors (Lipinski definition) is 0. The fraction of sp³-hybridized carbons (Fsp3) is 0.259. The molecule has 1 aromatic heterocycles. The van der Waals surface area contributed by atoms with Gasteiger partial charge < -0.3 is 14.2 Å². The van der Waals surface area contributed by atoms with E-state index in [2.05, 4.69) is 42.1 Å². The number of nitrogens with zero attached hydrogens (tertiary/aromatic N) is 4. The average Bonchev–Trinajstić information content (AvgIpc) is 3.28. The Morgan fingerprint density at radius 2 is 1.77 bits per heavy atom. The van der Waals surface area contributed by atoms with E-state index in [-0.39, 0.29) is 11.5 Å². The zero-order valence-electron chi connectivity index (χ0n) is 21.5. The van der Waals surface area contributed by atoms with Crippen molar-refractivity contribution >= 4 is 43.6 Å². The van der Waals surface area contributed by atoms with E-state index in [4.69, 9.17) is 14.2 Å². The van der Waals surface area contributed by atoms with Crippen LogP contribution in [0.1, 0.15) is 29.1 Å². The maximum Gasteiger partial charge on any atom is 0.220 e. The number of hydrogen-bond acceptors (Lipinski definition) is 8. The fourth-order valence-electron chi connectivity index (χ4n) is 3.85. The lowest BCUT2D eigenvalue weighted by Crippen LogP contribution is -2.12. The third-order valence-corrected chi connectivity index (χ3v) is 7.98. The third kappa shape index (κ3) is 7.31. The van der Waals surface area contributed by atoms with Crippen LogP contribution in [-0.4, -0.2) is 39.9 Å². The van der Waals surface area contributed by atoms with Crippen LogP contribution in [0.3, 0.4) is 0 Å². The highest BCUT2D eigenvalue weighted by Gasteiger charge is 2.26. The molecule has 0 aliphatic rings. The molecule has 0 bridgehead atoms. The molecular formula is C27H26Br2N4O5S. The number of aryl methyl sites for hydroxylation is 1. The van der Waals surface area contributed by atoms with Gasteiger partial charge >= 0.3 is 0 Å². The van der Waals surface area contributed by atoms with Gasteiger partial charge in [0.15, 0.2) is 16.7 Å². The summed E-state index contributed by atoms with van der Waals surface area (Å²) in [5.74, 6) is 2.40. The summed E-state index contributed by atoms with van der Waals surface area (Å²) in [6, 6.07) is 19.0. The zero-order chi connectivity index (χ0) is 27.9. The van der Waals surface area contributed by atoms with Crippen molar-refractivity contribution < 1.29 is 19.1 Å².